The topological polar surface area (TPSA) is 21.1 Å². The van der Waals surface area contributed by atoms with Gasteiger partial charge in [0.15, 0.2) is 0 Å². The van der Waals surface area contributed by atoms with E-state index >= 15 is 0 Å². The molecule has 2 heterocycles. The molecule has 0 radical (unpaired) electrons. The Balaban J connectivity index is 1.62. The van der Waals surface area contributed by atoms with E-state index in [0.29, 0.717) is 29.0 Å². The number of fused-ring (bicyclic) bond motifs is 1. The summed E-state index contributed by atoms with van der Waals surface area (Å²) in [6.45, 7) is 1.47. The number of alkyl halides is 4. The van der Waals surface area contributed by atoms with E-state index in [2.05, 4.69) is 25.8 Å². The van der Waals surface area contributed by atoms with E-state index in [1.807, 2.05) is 0 Å². The molecule has 0 aromatic carbocycles. The van der Waals surface area contributed by atoms with Crippen LogP contribution in [-0.2, 0) is 13.1 Å². The zero-order chi connectivity index (χ0) is 12.9. The molecule has 18 heavy (non-hydrogen) atoms. The van der Waals surface area contributed by atoms with E-state index < -0.39 is 12.7 Å². The summed E-state index contributed by atoms with van der Waals surface area (Å²) in [5, 5.41) is 0. The predicted octanol–water partition coefficient (Wildman–Crippen LogP) is 2.27. The number of rotatable bonds is 3. The molecule has 1 unspecified atom stereocenters. The first-order chi connectivity index (χ1) is 8.44. The summed E-state index contributed by atoms with van der Waals surface area (Å²) in [5.74, 6) is 1.85. The fourth-order valence-corrected chi connectivity index (χ4v) is 3.64. The molecule has 2 fully saturated rings. The Labute approximate surface area is 111 Å². The summed E-state index contributed by atoms with van der Waals surface area (Å²) in [6, 6.07) is 0. The van der Waals surface area contributed by atoms with Crippen molar-refractivity contribution in [1.29, 1.82) is 0 Å². The molecule has 1 aromatic rings. The fraction of sp³-hybridized carbons (Fsp3) is 0.727. The first-order valence-electron chi connectivity index (χ1n) is 5.87. The van der Waals surface area contributed by atoms with Crippen LogP contribution in [0.5, 0.6) is 0 Å². The Morgan fingerprint density at radius 1 is 1.33 bits per heavy atom. The minimum Gasteiger partial charge on any atom is -0.325 e. The Kier molecular flexibility index (Phi) is 2.93. The van der Waals surface area contributed by atoms with Crippen LogP contribution in [0.3, 0.4) is 0 Å². The van der Waals surface area contributed by atoms with Crippen molar-refractivity contribution >= 4 is 15.9 Å². The average molecular weight is 324 g/mol. The van der Waals surface area contributed by atoms with Crippen LogP contribution >= 0.6 is 15.9 Å². The van der Waals surface area contributed by atoms with Gasteiger partial charge in [-0.2, -0.15) is 13.2 Å². The number of hydrogen-bond donors (Lipinski definition) is 0. The summed E-state index contributed by atoms with van der Waals surface area (Å²) in [5.41, 5.74) is 0. The SMILES string of the molecule is FC(F)(F)Cn1ccnc1CN1C[C@@H]2C(Br)[C@@H]2C1. The lowest BCUT2D eigenvalue weighted by molar-refractivity contribution is -0.141. The molecule has 0 N–H and O–H groups in total. The molecule has 1 saturated carbocycles. The van der Waals surface area contributed by atoms with Crippen LogP contribution in [0.25, 0.3) is 0 Å². The third-order valence-corrected chi connectivity index (χ3v) is 5.04. The lowest BCUT2D eigenvalue weighted by atomic mass is 10.4. The Morgan fingerprint density at radius 3 is 2.61 bits per heavy atom. The highest BCUT2D eigenvalue weighted by molar-refractivity contribution is 9.09. The van der Waals surface area contributed by atoms with Gasteiger partial charge in [-0.3, -0.25) is 4.90 Å². The molecule has 3 atom stereocenters. The van der Waals surface area contributed by atoms with Crippen LogP contribution < -0.4 is 0 Å². The molecule has 0 amide bonds. The molecule has 1 aromatic heterocycles. The highest BCUT2D eigenvalue weighted by Gasteiger charge is 2.54. The summed E-state index contributed by atoms with van der Waals surface area (Å²) >= 11 is 3.59. The van der Waals surface area contributed by atoms with Crippen LogP contribution in [0.1, 0.15) is 5.82 Å². The predicted molar refractivity (Wildman–Crippen MR) is 63.3 cm³/mol. The van der Waals surface area contributed by atoms with Crippen LogP contribution in [0.2, 0.25) is 0 Å². The second-order valence-corrected chi connectivity index (χ2v) is 6.11. The summed E-state index contributed by atoms with van der Waals surface area (Å²) in [7, 11) is 0. The van der Waals surface area contributed by atoms with Crippen molar-refractivity contribution in [3.05, 3.63) is 18.2 Å². The number of halogens is 4. The lowest BCUT2D eigenvalue weighted by Crippen LogP contribution is -2.27. The van der Waals surface area contributed by atoms with Gasteiger partial charge in [-0.05, 0) is 11.8 Å². The lowest BCUT2D eigenvalue weighted by Gasteiger charge is -2.19. The van der Waals surface area contributed by atoms with Crippen molar-refractivity contribution in [1.82, 2.24) is 14.5 Å². The van der Waals surface area contributed by atoms with Crippen molar-refractivity contribution in [3.63, 3.8) is 0 Å². The van der Waals surface area contributed by atoms with Gasteiger partial charge in [0.05, 0.1) is 6.54 Å². The highest BCUT2D eigenvalue weighted by Crippen LogP contribution is 2.50. The third-order valence-electron chi connectivity index (χ3n) is 3.68. The van der Waals surface area contributed by atoms with E-state index in [1.165, 1.54) is 17.0 Å². The second-order valence-electron chi connectivity index (χ2n) is 5.05. The molecule has 1 aliphatic heterocycles. The van der Waals surface area contributed by atoms with Crippen LogP contribution in [0, 0.1) is 11.8 Å². The molecule has 7 heteroatoms. The van der Waals surface area contributed by atoms with Gasteiger partial charge in [-0.15, -0.1) is 0 Å². The van der Waals surface area contributed by atoms with Crippen LogP contribution in [0.4, 0.5) is 13.2 Å². The number of imidazole rings is 1. The molecule has 100 valence electrons. The van der Waals surface area contributed by atoms with Crippen molar-refractivity contribution in [2.24, 2.45) is 11.8 Å². The number of nitrogens with zero attached hydrogens (tertiary/aromatic N) is 3. The number of piperidine rings is 1. The van der Waals surface area contributed by atoms with Gasteiger partial charge in [0.1, 0.15) is 12.4 Å². The summed E-state index contributed by atoms with van der Waals surface area (Å²) < 4.78 is 38.3. The van der Waals surface area contributed by atoms with E-state index in [-0.39, 0.29) is 0 Å². The first-order valence-corrected chi connectivity index (χ1v) is 6.79. The van der Waals surface area contributed by atoms with Gasteiger partial charge >= 0.3 is 6.18 Å². The smallest absolute Gasteiger partial charge is 0.325 e. The largest absolute Gasteiger partial charge is 0.406 e. The molecule has 1 aliphatic carbocycles. The molecule has 0 bridgehead atoms. The first kappa shape index (κ1) is 12.5. The molecular weight excluding hydrogens is 311 g/mol. The maximum absolute atomic E-state index is 12.4. The van der Waals surface area contributed by atoms with E-state index in [0.717, 1.165) is 13.1 Å². The number of hydrogen-bond acceptors (Lipinski definition) is 2. The number of aromatic nitrogens is 2. The van der Waals surface area contributed by atoms with Gasteiger partial charge in [-0.25, -0.2) is 4.98 Å². The van der Waals surface area contributed by atoms with Crippen LogP contribution in [0.15, 0.2) is 12.4 Å². The van der Waals surface area contributed by atoms with E-state index in [1.54, 1.807) is 0 Å². The third kappa shape index (κ3) is 2.42. The van der Waals surface area contributed by atoms with Gasteiger partial charge < -0.3 is 4.57 Å². The summed E-state index contributed by atoms with van der Waals surface area (Å²) in [4.78, 5) is 6.83. The Bertz CT molecular complexity index is 433. The van der Waals surface area contributed by atoms with Gasteiger partial charge in [0.2, 0.25) is 0 Å². The fourth-order valence-electron chi connectivity index (χ4n) is 2.70. The molecule has 0 spiro atoms. The maximum Gasteiger partial charge on any atom is 0.406 e. The standard InChI is InChI=1S/C11H13BrF3N3/c12-10-7-3-17(4-8(7)10)5-9-16-1-2-18(9)6-11(13,14)15/h1-2,7-8,10H,3-6H2/t7-,8+,10?. The van der Waals surface area contributed by atoms with Crippen LogP contribution in [-0.4, -0.2) is 38.5 Å². The monoisotopic (exact) mass is 323 g/mol. The number of likely N-dealkylation sites (tertiary alicyclic amines) is 1. The van der Waals surface area contributed by atoms with Crippen molar-refractivity contribution in [2.45, 2.75) is 24.1 Å². The molecule has 2 aliphatic rings. The van der Waals surface area contributed by atoms with E-state index in [9.17, 15) is 13.2 Å². The zero-order valence-corrected chi connectivity index (χ0v) is 11.2. The molecule has 1 saturated heterocycles. The molecule has 3 nitrogen and oxygen atoms in total. The van der Waals surface area contributed by atoms with Gasteiger partial charge in [0.25, 0.3) is 0 Å². The second kappa shape index (κ2) is 4.23. The van der Waals surface area contributed by atoms with Gasteiger partial charge in [0, 0.05) is 30.3 Å². The normalized spacial score (nSPS) is 31.7. The zero-order valence-electron chi connectivity index (χ0n) is 9.57. The minimum absolute atomic E-state index is 0.500. The maximum atomic E-state index is 12.4. The molecule has 3 rings (SSSR count). The van der Waals surface area contributed by atoms with Crippen molar-refractivity contribution < 1.29 is 13.2 Å². The summed E-state index contributed by atoms with van der Waals surface area (Å²) in [6.07, 6.45) is -1.36. The highest BCUT2D eigenvalue weighted by atomic mass is 79.9. The average Bonchev–Trinajstić information content (AvgIpc) is 2.71. The van der Waals surface area contributed by atoms with Crippen molar-refractivity contribution in [2.75, 3.05) is 13.1 Å². The van der Waals surface area contributed by atoms with Crippen molar-refractivity contribution in [3.8, 4) is 0 Å². The molecular formula is C11H13BrF3N3. The quantitative estimate of drug-likeness (QED) is 0.796. The Hall–Kier alpha value is -0.560. The minimum atomic E-state index is -4.19. The Morgan fingerprint density at radius 2 is 2.00 bits per heavy atom. The van der Waals surface area contributed by atoms with E-state index in [4.69, 9.17) is 0 Å². The van der Waals surface area contributed by atoms with Gasteiger partial charge in [-0.1, -0.05) is 15.9 Å².